The fourth-order valence-electron chi connectivity index (χ4n) is 2.19. The summed E-state index contributed by atoms with van der Waals surface area (Å²) in [6.07, 6.45) is 0.153. The van der Waals surface area contributed by atoms with Crippen molar-refractivity contribution in [2.75, 3.05) is 26.2 Å². The van der Waals surface area contributed by atoms with Gasteiger partial charge in [-0.3, -0.25) is 4.90 Å². The van der Waals surface area contributed by atoms with Crippen molar-refractivity contribution < 1.29 is 18.3 Å². The van der Waals surface area contributed by atoms with E-state index in [0.717, 1.165) is 25.7 Å². The SMILES string of the molecule is OCCN(CC1CCCC1)CC(F)(F)F. The quantitative estimate of drug-likeness (QED) is 0.774. The number of nitrogens with zero attached hydrogens (tertiary/aromatic N) is 1. The van der Waals surface area contributed by atoms with Crippen LogP contribution in [-0.2, 0) is 0 Å². The van der Waals surface area contributed by atoms with E-state index < -0.39 is 12.7 Å². The third-order valence-corrected chi connectivity index (χ3v) is 2.81. The first-order valence-corrected chi connectivity index (χ1v) is 5.41. The minimum absolute atomic E-state index is 0.121. The molecule has 0 spiro atoms. The van der Waals surface area contributed by atoms with Gasteiger partial charge in [0.25, 0.3) is 0 Å². The molecular formula is C10H18F3NO. The van der Waals surface area contributed by atoms with Gasteiger partial charge in [-0.15, -0.1) is 0 Å². The molecule has 0 atom stereocenters. The van der Waals surface area contributed by atoms with Crippen LogP contribution in [0.25, 0.3) is 0 Å². The van der Waals surface area contributed by atoms with Crippen molar-refractivity contribution in [1.29, 1.82) is 0 Å². The lowest BCUT2D eigenvalue weighted by Gasteiger charge is -2.25. The fraction of sp³-hybridized carbons (Fsp3) is 1.00. The Hall–Kier alpha value is -0.290. The normalized spacial score (nSPS) is 19.0. The first-order chi connectivity index (χ1) is 7.01. The Kier molecular flexibility index (Phi) is 4.86. The highest BCUT2D eigenvalue weighted by atomic mass is 19.4. The van der Waals surface area contributed by atoms with E-state index in [9.17, 15) is 13.2 Å². The van der Waals surface area contributed by atoms with Gasteiger partial charge in [-0.1, -0.05) is 12.8 Å². The molecule has 1 aliphatic rings. The van der Waals surface area contributed by atoms with Crippen molar-refractivity contribution in [2.45, 2.75) is 31.9 Å². The van der Waals surface area contributed by atoms with E-state index >= 15 is 0 Å². The molecule has 0 radical (unpaired) electrons. The van der Waals surface area contributed by atoms with Crippen molar-refractivity contribution in [3.63, 3.8) is 0 Å². The van der Waals surface area contributed by atoms with E-state index in [-0.39, 0.29) is 13.2 Å². The third-order valence-electron chi connectivity index (χ3n) is 2.81. The van der Waals surface area contributed by atoms with E-state index in [1.165, 1.54) is 4.90 Å². The summed E-state index contributed by atoms with van der Waals surface area (Å²) in [5.74, 6) is 0.388. The van der Waals surface area contributed by atoms with Crippen LogP contribution in [0.4, 0.5) is 13.2 Å². The number of hydrogen-bond acceptors (Lipinski definition) is 2. The predicted molar refractivity (Wildman–Crippen MR) is 51.5 cm³/mol. The largest absolute Gasteiger partial charge is 0.401 e. The van der Waals surface area contributed by atoms with Gasteiger partial charge < -0.3 is 5.11 Å². The number of halogens is 3. The lowest BCUT2D eigenvalue weighted by molar-refractivity contribution is -0.148. The van der Waals surface area contributed by atoms with Crippen molar-refractivity contribution in [3.8, 4) is 0 Å². The second-order valence-corrected chi connectivity index (χ2v) is 4.22. The molecular weight excluding hydrogens is 207 g/mol. The van der Waals surface area contributed by atoms with E-state index in [4.69, 9.17) is 5.11 Å². The summed E-state index contributed by atoms with van der Waals surface area (Å²) in [5.41, 5.74) is 0. The maximum absolute atomic E-state index is 12.2. The molecule has 1 aliphatic carbocycles. The van der Waals surface area contributed by atoms with Crippen LogP contribution in [0, 0.1) is 5.92 Å². The zero-order chi connectivity index (χ0) is 11.3. The summed E-state index contributed by atoms with van der Waals surface area (Å²) in [6.45, 7) is -0.511. The number of aliphatic hydroxyl groups is 1. The van der Waals surface area contributed by atoms with Gasteiger partial charge in [0.2, 0.25) is 0 Å². The zero-order valence-electron chi connectivity index (χ0n) is 8.76. The molecule has 1 rings (SSSR count). The summed E-state index contributed by atoms with van der Waals surface area (Å²) < 4.78 is 36.5. The van der Waals surface area contributed by atoms with Crippen LogP contribution in [0.2, 0.25) is 0 Å². The second-order valence-electron chi connectivity index (χ2n) is 4.22. The number of rotatable bonds is 5. The number of hydrogen-bond donors (Lipinski definition) is 1. The molecule has 0 amide bonds. The lowest BCUT2D eigenvalue weighted by atomic mass is 10.1. The highest BCUT2D eigenvalue weighted by molar-refractivity contribution is 4.73. The monoisotopic (exact) mass is 225 g/mol. The van der Waals surface area contributed by atoms with Gasteiger partial charge in [-0.25, -0.2) is 0 Å². The third kappa shape index (κ3) is 5.37. The highest BCUT2D eigenvalue weighted by Crippen LogP contribution is 2.26. The van der Waals surface area contributed by atoms with Crippen LogP contribution >= 0.6 is 0 Å². The van der Waals surface area contributed by atoms with Gasteiger partial charge >= 0.3 is 6.18 Å². The van der Waals surface area contributed by atoms with Gasteiger partial charge in [0, 0.05) is 13.1 Å². The Morgan fingerprint density at radius 3 is 2.27 bits per heavy atom. The number of aliphatic hydroxyl groups excluding tert-OH is 1. The Balaban J connectivity index is 2.35. The molecule has 5 heteroatoms. The van der Waals surface area contributed by atoms with Gasteiger partial charge in [-0.2, -0.15) is 13.2 Å². The van der Waals surface area contributed by atoms with Crippen LogP contribution in [0.15, 0.2) is 0 Å². The van der Waals surface area contributed by atoms with Crippen LogP contribution in [0.1, 0.15) is 25.7 Å². The maximum atomic E-state index is 12.2. The molecule has 0 aromatic carbocycles. The summed E-state index contributed by atoms with van der Waals surface area (Å²) >= 11 is 0. The average Bonchev–Trinajstić information content (AvgIpc) is 2.54. The molecule has 0 unspecified atom stereocenters. The summed E-state index contributed by atoms with van der Waals surface area (Å²) in [6, 6.07) is 0. The van der Waals surface area contributed by atoms with Crippen LogP contribution in [-0.4, -0.2) is 42.4 Å². The Bertz CT molecular complexity index is 178. The van der Waals surface area contributed by atoms with Crippen molar-refractivity contribution >= 4 is 0 Å². The Morgan fingerprint density at radius 1 is 1.20 bits per heavy atom. The van der Waals surface area contributed by atoms with Gasteiger partial charge in [0.05, 0.1) is 13.2 Å². The topological polar surface area (TPSA) is 23.5 Å². The van der Waals surface area contributed by atoms with E-state index in [0.29, 0.717) is 12.5 Å². The maximum Gasteiger partial charge on any atom is 0.401 e. The van der Waals surface area contributed by atoms with Crippen molar-refractivity contribution in [3.05, 3.63) is 0 Å². The summed E-state index contributed by atoms with van der Waals surface area (Å²) in [4.78, 5) is 1.32. The van der Waals surface area contributed by atoms with Crippen LogP contribution in [0.5, 0.6) is 0 Å². The zero-order valence-corrected chi connectivity index (χ0v) is 8.76. The molecule has 2 nitrogen and oxygen atoms in total. The molecule has 1 N–H and O–H groups in total. The lowest BCUT2D eigenvalue weighted by Crippen LogP contribution is -2.38. The van der Waals surface area contributed by atoms with Crippen molar-refractivity contribution in [1.82, 2.24) is 4.90 Å². The molecule has 0 aromatic rings. The molecule has 90 valence electrons. The van der Waals surface area contributed by atoms with Gasteiger partial charge in [0.1, 0.15) is 0 Å². The molecule has 1 saturated carbocycles. The first kappa shape index (κ1) is 12.8. The molecule has 0 bridgehead atoms. The standard InChI is InChI=1S/C10H18F3NO/c11-10(12,13)8-14(5-6-15)7-9-3-1-2-4-9/h9,15H,1-8H2. The minimum atomic E-state index is -4.16. The Morgan fingerprint density at radius 2 is 1.80 bits per heavy atom. The van der Waals surface area contributed by atoms with Crippen LogP contribution in [0.3, 0.4) is 0 Å². The highest BCUT2D eigenvalue weighted by Gasteiger charge is 2.31. The molecule has 15 heavy (non-hydrogen) atoms. The van der Waals surface area contributed by atoms with E-state index in [2.05, 4.69) is 0 Å². The average molecular weight is 225 g/mol. The minimum Gasteiger partial charge on any atom is -0.395 e. The fourth-order valence-corrected chi connectivity index (χ4v) is 2.19. The second kappa shape index (κ2) is 5.70. The summed E-state index contributed by atoms with van der Waals surface area (Å²) in [5, 5.41) is 8.70. The Labute approximate surface area is 88.1 Å². The summed E-state index contributed by atoms with van der Waals surface area (Å²) in [7, 11) is 0. The van der Waals surface area contributed by atoms with E-state index in [1.54, 1.807) is 0 Å². The van der Waals surface area contributed by atoms with Crippen LogP contribution < -0.4 is 0 Å². The molecule has 1 fully saturated rings. The molecule has 0 heterocycles. The van der Waals surface area contributed by atoms with E-state index in [1.807, 2.05) is 0 Å². The molecule has 0 saturated heterocycles. The van der Waals surface area contributed by atoms with Gasteiger partial charge in [-0.05, 0) is 18.8 Å². The van der Waals surface area contributed by atoms with Gasteiger partial charge in [0.15, 0.2) is 0 Å². The predicted octanol–water partition coefficient (Wildman–Crippen LogP) is 2.03. The first-order valence-electron chi connectivity index (χ1n) is 5.41. The molecule has 0 aliphatic heterocycles. The number of alkyl halides is 3. The smallest absolute Gasteiger partial charge is 0.395 e. The molecule has 0 aromatic heterocycles. The van der Waals surface area contributed by atoms with Crippen molar-refractivity contribution in [2.24, 2.45) is 5.92 Å².